The zero-order valence-corrected chi connectivity index (χ0v) is 13.9. The van der Waals surface area contributed by atoms with Crippen LogP contribution in [0, 0.1) is 5.41 Å². The SMILES string of the molecule is CC1(C)CC(NC(=O)C2(CN)CCOCC2)CC(C)(C)N1. The fraction of sp³-hybridized carbons (Fsp3) is 0.938. The molecule has 2 aliphatic heterocycles. The number of ether oxygens (including phenoxy) is 1. The molecule has 2 saturated heterocycles. The second kappa shape index (κ2) is 5.86. The van der Waals surface area contributed by atoms with Gasteiger partial charge in [0.05, 0.1) is 5.41 Å². The van der Waals surface area contributed by atoms with Crippen LogP contribution in [0.25, 0.3) is 0 Å². The van der Waals surface area contributed by atoms with Crippen LogP contribution in [0.1, 0.15) is 53.4 Å². The summed E-state index contributed by atoms with van der Waals surface area (Å²) in [5.74, 6) is 0.117. The first-order valence-electron chi connectivity index (χ1n) is 8.06. The Balaban J connectivity index is 2.04. The molecule has 5 heteroatoms. The van der Waals surface area contributed by atoms with E-state index in [-0.39, 0.29) is 23.0 Å². The van der Waals surface area contributed by atoms with E-state index in [9.17, 15) is 4.79 Å². The van der Waals surface area contributed by atoms with Crippen molar-refractivity contribution in [2.45, 2.75) is 70.5 Å². The largest absolute Gasteiger partial charge is 0.381 e. The number of hydrogen-bond donors (Lipinski definition) is 3. The summed E-state index contributed by atoms with van der Waals surface area (Å²) in [6.45, 7) is 10.4. The van der Waals surface area contributed by atoms with Crippen LogP contribution in [0.2, 0.25) is 0 Å². The molecule has 2 fully saturated rings. The van der Waals surface area contributed by atoms with Crippen LogP contribution in [-0.2, 0) is 9.53 Å². The maximum atomic E-state index is 12.8. The molecule has 0 saturated carbocycles. The summed E-state index contributed by atoms with van der Waals surface area (Å²) < 4.78 is 5.39. The molecule has 4 N–H and O–H groups in total. The lowest BCUT2D eigenvalue weighted by Gasteiger charge is -2.47. The van der Waals surface area contributed by atoms with Crippen molar-refractivity contribution >= 4 is 5.91 Å². The van der Waals surface area contributed by atoms with Crippen molar-refractivity contribution in [2.75, 3.05) is 19.8 Å². The van der Waals surface area contributed by atoms with Gasteiger partial charge in [0.2, 0.25) is 5.91 Å². The van der Waals surface area contributed by atoms with E-state index in [0.717, 1.165) is 25.7 Å². The first-order chi connectivity index (χ1) is 9.68. The summed E-state index contributed by atoms with van der Waals surface area (Å²) in [5, 5.41) is 6.92. The van der Waals surface area contributed by atoms with Crippen molar-refractivity contribution in [1.29, 1.82) is 0 Å². The van der Waals surface area contributed by atoms with Crippen molar-refractivity contribution in [1.82, 2.24) is 10.6 Å². The average Bonchev–Trinajstić information content (AvgIpc) is 2.35. The highest BCUT2D eigenvalue weighted by atomic mass is 16.5. The minimum absolute atomic E-state index is 0.0330. The third-order valence-electron chi connectivity index (χ3n) is 4.85. The molecule has 0 aromatic carbocycles. The Morgan fingerprint density at radius 2 is 1.71 bits per heavy atom. The summed E-state index contributed by atoms with van der Waals surface area (Å²) in [5.41, 5.74) is 5.55. The van der Waals surface area contributed by atoms with E-state index in [2.05, 4.69) is 38.3 Å². The molecule has 122 valence electrons. The topological polar surface area (TPSA) is 76.4 Å². The van der Waals surface area contributed by atoms with Crippen LogP contribution in [0.15, 0.2) is 0 Å². The number of nitrogens with two attached hydrogens (primary N) is 1. The van der Waals surface area contributed by atoms with Crippen molar-refractivity contribution in [3.8, 4) is 0 Å². The number of nitrogens with one attached hydrogen (secondary N) is 2. The van der Waals surface area contributed by atoms with Gasteiger partial charge in [0.1, 0.15) is 0 Å². The van der Waals surface area contributed by atoms with E-state index < -0.39 is 5.41 Å². The molecule has 0 aliphatic carbocycles. The molecule has 0 atom stereocenters. The highest BCUT2D eigenvalue weighted by Gasteiger charge is 2.43. The molecule has 2 heterocycles. The molecule has 0 radical (unpaired) electrons. The van der Waals surface area contributed by atoms with Gasteiger partial charge in [0.15, 0.2) is 0 Å². The van der Waals surface area contributed by atoms with Gasteiger partial charge in [-0.2, -0.15) is 0 Å². The Morgan fingerprint density at radius 3 is 2.19 bits per heavy atom. The highest BCUT2D eigenvalue weighted by Crippen LogP contribution is 2.32. The van der Waals surface area contributed by atoms with Crippen molar-refractivity contribution in [3.05, 3.63) is 0 Å². The van der Waals surface area contributed by atoms with Gasteiger partial charge in [-0.05, 0) is 53.4 Å². The van der Waals surface area contributed by atoms with Crippen LogP contribution in [0.5, 0.6) is 0 Å². The zero-order chi connectivity index (χ0) is 15.7. The molecule has 0 unspecified atom stereocenters. The molecule has 5 nitrogen and oxygen atoms in total. The fourth-order valence-electron chi connectivity index (χ4n) is 4.05. The Labute approximate surface area is 128 Å². The summed E-state index contributed by atoms with van der Waals surface area (Å²) in [6, 6.07) is 0.204. The second-order valence-electron chi connectivity index (χ2n) is 8.07. The zero-order valence-electron chi connectivity index (χ0n) is 13.9. The molecule has 0 aromatic rings. The average molecular weight is 297 g/mol. The minimum Gasteiger partial charge on any atom is -0.381 e. The first kappa shape index (κ1) is 16.7. The van der Waals surface area contributed by atoms with Crippen LogP contribution >= 0.6 is 0 Å². The van der Waals surface area contributed by atoms with E-state index in [1.807, 2.05) is 0 Å². The molecule has 0 aromatic heterocycles. The van der Waals surface area contributed by atoms with Gasteiger partial charge < -0.3 is 21.1 Å². The van der Waals surface area contributed by atoms with Crippen LogP contribution in [-0.4, -0.2) is 42.8 Å². The summed E-state index contributed by atoms with van der Waals surface area (Å²) in [4.78, 5) is 12.8. The number of hydrogen-bond acceptors (Lipinski definition) is 4. The normalized spacial score (nSPS) is 28.0. The van der Waals surface area contributed by atoms with E-state index in [4.69, 9.17) is 10.5 Å². The van der Waals surface area contributed by atoms with Crippen molar-refractivity contribution < 1.29 is 9.53 Å². The monoisotopic (exact) mass is 297 g/mol. The smallest absolute Gasteiger partial charge is 0.227 e. The van der Waals surface area contributed by atoms with Gasteiger partial charge in [-0.15, -0.1) is 0 Å². The Morgan fingerprint density at radius 1 is 1.19 bits per heavy atom. The van der Waals surface area contributed by atoms with Gasteiger partial charge in [-0.25, -0.2) is 0 Å². The summed E-state index contributed by atoms with van der Waals surface area (Å²) in [6.07, 6.45) is 3.35. The number of rotatable bonds is 3. The van der Waals surface area contributed by atoms with Gasteiger partial charge in [-0.3, -0.25) is 4.79 Å². The Kier molecular flexibility index (Phi) is 4.66. The second-order valence-corrected chi connectivity index (χ2v) is 8.07. The number of carbonyl (C=O) groups excluding carboxylic acids is 1. The number of amides is 1. The van der Waals surface area contributed by atoms with E-state index >= 15 is 0 Å². The molecular formula is C16H31N3O2. The van der Waals surface area contributed by atoms with Crippen molar-refractivity contribution in [2.24, 2.45) is 11.1 Å². The van der Waals surface area contributed by atoms with Gasteiger partial charge in [-0.1, -0.05) is 0 Å². The fourth-order valence-corrected chi connectivity index (χ4v) is 4.05. The number of piperidine rings is 1. The minimum atomic E-state index is -0.433. The summed E-state index contributed by atoms with van der Waals surface area (Å²) in [7, 11) is 0. The van der Waals surface area contributed by atoms with Crippen LogP contribution < -0.4 is 16.4 Å². The third kappa shape index (κ3) is 3.96. The van der Waals surface area contributed by atoms with Gasteiger partial charge in [0, 0.05) is 36.9 Å². The Bertz CT molecular complexity index is 371. The maximum Gasteiger partial charge on any atom is 0.227 e. The molecule has 0 bridgehead atoms. The standard InChI is InChI=1S/C16H31N3O2/c1-14(2)9-12(10-15(3,4)19-14)18-13(20)16(11-17)5-7-21-8-6-16/h12,19H,5-11,17H2,1-4H3,(H,18,20). The lowest BCUT2D eigenvalue weighted by molar-refractivity contribution is -0.137. The lowest BCUT2D eigenvalue weighted by atomic mass is 9.76. The first-order valence-corrected chi connectivity index (χ1v) is 8.06. The predicted octanol–water partition coefficient (Wildman–Crippen LogP) is 1.17. The van der Waals surface area contributed by atoms with Gasteiger partial charge >= 0.3 is 0 Å². The summed E-state index contributed by atoms with van der Waals surface area (Å²) >= 11 is 0. The molecule has 2 aliphatic rings. The molecule has 0 spiro atoms. The quantitative estimate of drug-likeness (QED) is 0.731. The van der Waals surface area contributed by atoms with E-state index in [1.165, 1.54) is 0 Å². The predicted molar refractivity (Wildman–Crippen MR) is 84.0 cm³/mol. The van der Waals surface area contributed by atoms with E-state index in [0.29, 0.717) is 19.8 Å². The van der Waals surface area contributed by atoms with Gasteiger partial charge in [0.25, 0.3) is 0 Å². The molecule has 21 heavy (non-hydrogen) atoms. The Hall–Kier alpha value is -0.650. The molecular weight excluding hydrogens is 266 g/mol. The van der Waals surface area contributed by atoms with Crippen LogP contribution in [0.3, 0.4) is 0 Å². The third-order valence-corrected chi connectivity index (χ3v) is 4.85. The van der Waals surface area contributed by atoms with Crippen LogP contribution in [0.4, 0.5) is 0 Å². The maximum absolute atomic E-state index is 12.8. The molecule has 2 rings (SSSR count). The highest BCUT2D eigenvalue weighted by molar-refractivity contribution is 5.83. The molecule has 1 amide bonds. The van der Waals surface area contributed by atoms with Crippen molar-refractivity contribution in [3.63, 3.8) is 0 Å². The number of carbonyl (C=O) groups is 1. The lowest BCUT2D eigenvalue weighted by Crippen LogP contribution is -2.63. The van der Waals surface area contributed by atoms with E-state index in [1.54, 1.807) is 0 Å².